The molecule has 0 aromatic rings. The summed E-state index contributed by atoms with van der Waals surface area (Å²) in [6, 6.07) is 0. The van der Waals surface area contributed by atoms with Gasteiger partial charge in [-0.2, -0.15) is 0 Å². The van der Waals surface area contributed by atoms with Gasteiger partial charge in [0.15, 0.2) is 5.78 Å². The number of thioether (sulfide) groups is 1. The summed E-state index contributed by atoms with van der Waals surface area (Å²) < 4.78 is 0. The second-order valence-corrected chi connectivity index (χ2v) is 3.77. The zero-order valence-corrected chi connectivity index (χ0v) is 9.56. The van der Waals surface area contributed by atoms with Gasteiger partial charge in [-0.3, -0.25) is 4.79 Å². The van der Waals surface area contributed by atoms with E-state index >= 15 is 0 Å². The van der Waals surface area contributed by atoms with Crippen molar-refractivity contribution in [2.24, 2.45) is 0 Å². The summed E-state index contributed by atoms with van der Waals surface area (Å²) in [5.41, 5.74) is 2.15. The van der Waals surface area contributed by atoms with Gasteiger partial charge in [-0.25, -0.2) is 0 Å². The number of carbonyl (C=O) groups excluding carboxylic acids is 1. The Hall–Kier alpha value is -0.760. The number of hydrogen-bond donors (Lipinski definition) is 0. The Balaban J connectivity index is 0.000000461. The molecule has 0 aromatic carbocycles. The van der Waals surface area contributed by atoms with Crippen molar-refractivity contribution in [2.45, 2.75) is 33.1 Å². The highest BCUT2D eigenvalue weighted by Gasteiger charge is 2.17. The van der Waals surface area contributed by atoms with Crippen LogP contribution in [0.4, 0.5) is 0 Å². The summed E-state index contributed by atoms with van der Waals surface area (Å²) in [7, 11) is 0. The van der Waals surface area contributed by atoms with Gasteiger partial charge in [-0.15, -0.1) is 11.8 Å². The zero-order chi connectivity index (χ0) is 10.4. The van der Waals surface area contributed by atoms with Gasteiger partial charge in [0.25, 0.3) is 0 Å². The molecule has 1 aliphatic carbocycles. The van der Waals surface area contributed by atoms with Crippen LogP contribution >= 0.6 is 11.8 Å². The van der Waals surface area contributed by atoms with Gasteiger partial charge < -0.3 is 0 Å². The van der Waals surface area contributed by atoms with E-state index < -0.39 is 0 Å². The van der Waals surface area contributed by atoms with Gasteiger partial charge in [0.2, 0.25) is 0 Å². The lowest BCUT2D eigenvalue weighted by atomic mass is 9.91. The SMILES string of the molecule is CC.O=C1CCCC2=C1C=CSC=C2. The Morgan fingerprint density at radius 1 is 1.14 bits per heavy atom. The summed E-state index contributed by atoms with van der Waals surface area (Å²) in [6.07, 6.45) is 6.81. The molecule has 0 radical (unpaired) electrons. The lowest BCUT2D eigenvalue weighted by molar-refractivity contribution is -0.115. The highest BCUT2D eigenvalue weighted by molar-refractivity contribution is 8.04. The van der Waals surface area contributed by atoms with Crippen LogP contribution in [0.1, 0.15) is 33.1 Å². The summed E-state index contributed by atoms with van der Waals surface area (Å²) in [6.45, 7) is 4.00. The van der Waals surface area contributed by atoms with Crippen molar-refractivity contribution in [3.63, 3.8) is 0 Å². The minimum absolute atomic E-state index is 0.305. The largest absolute Gasteiger partial charge is 0.294 e. The first kappa shape index (κ1) is 11.3. The zero-order valence-electron chi connectivity index (χ0n) is 8.75. The average molecular weight is 208 g/mol. The Morgan fingerprint density at radius 3 is 2.64 bits per heavy atom. The van der Waals surface area contributed by atoms with Crippen LogP contribution in [0, 0.1) is 0 Å². The topological polar surface area (TPSA) is 17.1 Å². The first-order valence-electron chi connectivity index (χ1n) is 5.13. The molecule has 0 saturated carbocycles. The summed E-state index contributed by atoms with van der Waals surface area (Å²) >= 11 is 1.63. The fraction of sp³-hybridized carbons (Fsp3) is 0.417. The van der Waals surface area contributed by atoms with Crippen molar-refractivity contribution in [2.75, 3.05) is 0 Å². The smallest absolute Gasteiger partial charge is 0.163 e. The number of allylic oxidation sites excluding steroid dienone is 4. The van der Waals surface area contributed by atoms with E-state index in [1.165, 1.54) is 5.57 Å². The molecular formula is C12H16OS. The van der Waals surface area contributed by atoms with Crippen molar-refractivity contribution < 1.29 is 4.79 Å². The number of hydrogen-bond acceptors (Lipinski definition) is 2. The van der Waals surface area contributed by atoms with E-state index in [0.29, 0.717) is 5.78 Å². The molecule has 14 heavy (non-hydrogen) atoms. The molecule has 2 heteroatoms. The third-order valence-corrected chi connectivity index (χ3v) is 2.74. The van der Waals surface area contributed by atoms with E-state index in [0.717, 1.165) is 24.8 Å². The predicted molar refractivity (Wildman–Crippen MR) is 63.1 cm³/mol. The van der Waals surface area contributed by atoms with E-state index in [-0.39, 0.29) is 0 Å². The van der Waals surface area contributed by atoms with Crippen molar-refractivity contribution in [3.8, 4) is 0 Å². The van der Waals surface area contributed by atoms with Gasteiger partial charge in [0, 0.05) is 12.0 Å². The van der Waals surface area contributed by atoms with Crippen LogP contribution in [0.2, 0.25) is 0 Å². The van der Waals surface area contributed by atoms with Crippen LogP contribution in [-0.4, -0.2) is 5.78 Å². The molecule has 76 valence electrons. The highest BCUT2D eigenvalue weighted by atomic mass is 32.2. The second kappa shape index (κ2) is 5.86. The molecule has 2 aliphatic rings. The Bertz CT molecular complexity index is 297. The van der Waals surface area contributed by atoms with Crippen molar-refractivity contribution >= 4 is 17.5 Å². The third kappa shape index (κ3) is 2.61. The highest BCUT2D eigenvalue weighted by Crippen LogP contribution is 2.27. The van der Waals surface area contributed by atoms with Crippen molar-refractivity contribution in [3.05, 3.63) is 34.1 Å². The minimum atomic E-state index is 0.305. The van der Waals surface area contributed by atoms with Crippen molar-refractivity contribution in [1.82, 2.24) is 0 Å². The maximum absolute atomic E-state index is 11.4. The van der Waals surface area contributed by atoms with Gasteiger partial charge in [-0.1, -0.05) is 19.9 Å². The lowest BCUT2D eigenvalue weighted by Gasteiger charge is -2.12. The van der Waals surface area contributed by atoms with Gasteiger partial charge >= 0.3 is 0 Å². The Kier molecular flexibility index (Phi) is 4.74. The van der Waals surface area contributed by atoms with Gasteiger partial charge in [0.05, 0.1) is 0 Å². The molecule has 0 atom stereocenters. The molecule has 0 amide bonds. The molecule has 0 spiro atoms. The molecule has 2 rings (SSSR count). The quantitative estimate of drug-likeness (QED) is 0.601. The molecule has 0 unspecified atom stereocenters. The number of ketones is 1. The lowest BCUT2D eigenvalue weighted by Crippen LogP contribution is -2.08. The van der Waals surface area contributed by atoms with Crippen molar-refractivity contribution in [1.29, 1.82) is 0 Å². The van der Waals surface area contributed by atoms with Crippen LogP contribution in [0.25, 0.3) is 0 Å². The second-order valence-electron chi connectivity index (χ2n) is 2.96. The molecule has 0 N–H and O–H groups in total. The molecule has 1 nitrogen and oxygen atoms in total. The standard InChI is InChI=1S/C10H10OS.C2H6/c11-10-3-1-2-8-4-6-12-7-5-9(8)10;1-2/h4-7H,1-3H2;1-2H3. The van der Waals surface area contributed by atoms with E-state index in [2.05, 4.69) is 6.08 Å². The molecule has 0 bridgehead atoms. The Morgan fingerprint density at radius 2 is 1.86 bits per heavy atom. The maximum atomic E-state index is 11.4. The van der Waals surface area contributed by atoms with Crippen LogP contribution in [0.3, 0.4) is 0 Å². The predicted octanol–water partition coefficient (Wildman–Crippen LogP) is 3.84. The van der Waals surface area contributed by atoms with Crippen LogP contribution in [0.5, 0.6) is 0 Å². The summed E-state index contributed by atoms with van der Waals surface area (Å²) in [4.78, 5) is 11.4. The fourth-order valence-electron chi connectivity index (χ4n) is 1.54. The fourth-order valence-corrected chi connectivity index (χ4v) is 2.08. The van der Waals surface area contributed by atoms with E-state index in [4.69, 9.17) is 0 Å². The van der Waals surface area contributed by atoms with Gasteiger partial charge in [-0.05, 0) is 35.3 Å². The van der Waals surface area contributed by atoms with E-state index in [9.17, 15) is 4.79 Å². The maximum Gasteiger partial charge on any atom is 0.163 e. The van der Waals surface area contributed by atoms with Gasteiger partial charge in [0.1, 0.15) is 0 Å². The summed E-state index contributed by atoms with van der Waals surface area (Å²) in [5.74, 6) is 0.305. The number of carbonyl (C=O) groups is 1. The summed E-state index contributed by atoms with van der Waals surface area (Å²) in [5, 5.41) is 4.01. The van der Waals surface area contributed by atoms with E-state index in [1.807, 2.05) is 30.7 Å². The first-order valence-corrected chi connectivity index (χ1v) is 6.07. The van der Waals surface area contributed by atoms with Crippen LogP contribution < -0.4 is 0 Å². The monoisotopic (exact) mass is 208 g/mol. The molecular weight excluding hydrogens is 192 g/mol. The number of Topliss-reactive ketones (excluding diaryl/α,β-unsaturated/α-hetero) is 1. The minimum Gasteiger partial charge on any atom is -0.294 e. The third-order valence-electron chi connectivity index (χ3n) is 2.16. The van der Waals surface area contributed by atoms with E-state index in [1.54, 1.807) is 11.8 Å². The molecule has 1 heterocycles. The average Bonchev–Trinajstić information content (AvgIpc) is 2.47. The normalized spacial score (nSPS) is 19.7. The van der Waals surface area contributed by atoms with Crippen LogP contribution in [0.15, 0.2) is 34.1 Å². The molecule has 0 fully saturated rings. The number of rotatable bonds is 0. The van der Waals surface area contributed by atoms with Crippen LogP contribution in [-0.2, 0) is 4.79 Å². The molecule has 1 aliphatic heterocycles. The first-order chi connectivity index (χ1) is 6.88. The molecule has 0 saturated heterocycles. The Labute approximate surface area is 90.0 Å². The molecule has 0 aromatic heterocycles.